The van der Waals surface area contributed by atoms with Gasteiger partial charge in [0.1, 0.15) is 4.90 Å². The van der Waals surface area contributed by atoms with E-state index in [0.717, 1.165) is 4.90 Å². The van der Waals surface area contributed by atoms with E-state index in [2.05, 4.69) is 4.72 Å². The summed E-state index contributed by atoms with van der Waals surface area (Å²) in [5, 5.41) is 0.217. The molecule has 7 heteroatoms. The van der Waals surface area contributed by atoms with Crippen molar-refractivity contribution in [1.29, 1.82) is 0 Å². The first-order chi connectivity index (χ1) is 9.44. The fourth-order valence-electron chi connectivity index (χ4n) is 1.56. The molecule has 0 saturated carbocycles. The van der Waals surface area contributed by atoms with E-state index in [1.165, 1.54) is 12.1 Å². The van der Waals surface area contributed by atoms with Crippen molar-refractivity contribution in [3.8, 4) is 0 Å². The summed E-state index contributed by atoms with van der Waals surface area (Å²) >= 11 is 13.4. The van der Waals surface area contributed by atoms with Crippen LogP contribution in [0.1, 0.15) is 0 Å². The van der Waals surface area contributed by atoms with Crippen LogP contribution in [0.5, 0.6) is 0 Å². The van der Waals surface area contributed by atoms with Gasteiger partial charge in [0.2, 0.25) is 0 Å². The van der Waals surface area contributed by atoms with E-state index in [1.807, 2.05) is 18.4 Å². The van der Waals surface area contributed by atoms with Crippen LogP contribution in [0.25, 0.3) is 0 Å². The zero-order valence-electron chi connectivity index (χ0n) is 10.4. The Labute approximate surface area is 132 Å². The summed E-state index contributed by atoms with van der Waals surface area (Å²) in [6.07, 6.45) is 1.95. The minimum absolute atomic E-state index is 0.0161. The first-order valence-corrected chi connectivity index (χ1v) is 9.01. The second kappa shape index (κ2) is 6.26. The molecule has 0 spiro atoms. The van der Waals surface area contributed by atoms with Gasteiger partial charge in [0.25, 0.3) is 10.0 Å². The van der Waals surface area contributed by atoms with Gasteiger partial charge < -0.3 is 0 Å². The quantitative estimate of drug-likeness (QED) is 0.827. The van der Waals surface area contributed by atoms with Gasteiger partial charge in [0.05, 0.1) is 10.0 Å². The first-order valence-electron chi connectivity index (χ1n) is 5.55. The minimum atomic E-state index is -3.76. The number of hydrogen-bond donors (Lipinski definition) is 1. The van der Waals surface area contributed by atoms with Crippen molar-refractivity contribution in [2.75, 3.05) is 11.0 Å². The SMILES string of the molecule is CSc1ccc(NS(=O)(=O)c2cccc(Cl)c2Cl)cc1. The zero-order valence-corrected chi connectivity index (χ0v) is 13.6. The summed E-state index contributed by atoms with van der Waals surface area (Å²) < 4.78 is 27.0. The Morgan fingerprint density at radius 2 is 1.70 bits per heavy atom. The Balaban J connectivity index is 2.33. The van der Waals surface area contributed by atoms with Crippen LogP contribution in [0.4, 0.5) is 5.69 Å². The number of benzene rings is 2. The lowest BCUT2D eigenvalue weighted by Gasteiger charge is -2.10. The molecule has 0 aliphatic heterocycles. The summed E-state index contributed by atoms with van der Waals surface area (Å²) in [4.78, 5) is 1.01. The third-order valence-electron chi connectivity index (χ3n) is 2.55. The normalized spacial score (nSPS) is 11.3. The van der Waals surface area contributed by atoms with Crippen LogP contribution < -0.4 is 4.72 Å². The summed E-state index contributed by atoms with van der Waals surface area (Å²) in [6, 6.07) is 11.6. The highest BCUT2D eigenvalue weighted by Gasteiger charge is 2.19. The number of rotatable bonds is 4. The first kappa shape index (κ1) is 15.5. The van der Waals surface area contributed by atoms with E-state index >= 15 is 0 Å². The number of nitrogens with one attached hydrogen (secondary N) is 1. The third-order valence-corrected chi connectivity index (χ3v) is 5.65. The Hall–Kier alpha value is -0.880. The van der Waals surface area contributed by atoms with Crippen molar-refractivity contribution < 1.29 is 8.42 Å². The van der Waals surface area contributed by atoms with Crippen LogP contribution >= 0.6 is 35.0 Å². The lowest BCUT2D eigenvalue weighted by atomic mass is 10.3. The largest absolute Gasteiger partial charge is 0.280 e. The van der Waals surface area contributed by atoms with Gasteiger partial charge in [-0.25, -0.2) is 8.42 Å². The predicted molar refractivity (Wildman–Crippen MR) is 85.5 cm³/mol. The van der Waals surface area contributed by atoms with E-state index in [4.69, 9.17) is 23.2 Å². The molecule has 20 heavy (non-hydrogen) atoms. The van der Waals surface area contributed by atoms with Crippen molar-refractivity contribution >= 4 is 50.7 Å². The van der Waals surface area contributed by atoms with Crippen LogP contribution in [0, 0.1) is 0 Å². The van der Waals surface area contributed by atoms with Gasteiger partial charge >= 0.3 is 0 Å². The van der Waals surface area contributed by atoms with Crippen LogP contribution in [-0.4, -0.2) is 14.7 Å². The molecule has 0 atom stereocenters. The average Bonchev–Trinajstić information content (AvgIpc) is 2.42. The molecule has 0 aliphatic carbocycles. The maximum Gasteiger partial charge on any atom is 0.263 e. The van der Waals surface area contributed by atoms with Gasteiger partial charge in [-0.15, -0.1) is 11.8 Å². The highest BCUT2D eigenvalue weighted by molar-refractivity contribution is 7.98. The highest BCUT2D eigenvalue weighted by Crippen LogP contribution is 2.30. The molecule has 0 saturated heterocycles. The molecule has 0 bridgehead atoms. The Morgan fingerprint density at radius 3 is 2.30 bits per heavy atom. The molecule has 0 amide bonds. The highest BCUT2D eigenvalue weighted by atomic mass is 35.5. The number of sulfonamides is 1. The van der Waals surface area contributed by atoms with Gasteiger partial charge in [0.15, 0.2) is 0 Å². The van der Waals surface area contributed by atoms with Gasteiger partial charge in [-0.05, 0) is 42.7 Å². The van der Waals surface area contributed by atoms with Crippen molar-refractivity contribution in [2.45, 2.75) is 9.79 Å². The summed E-state index contributed by atoms with van der Waals surface area (Å²) in [5.74, 6) is 0. The monoisotopic (exact) mass is 347 g/mol. The Bertz CT molecular complexity index is 716. The lowest BCUT2D eigenvalue weighted by molar-refractivity contribution is 0.601. The van der Waals surface area contributed by atoms with Crippen LogP contribution in [0.3, 0.4) is 0 Å². The average molecular weight is 348 g/mol. The molecule has 106 valence electrons. The number of thioether (sulfide) groups is 1. The van der Waals surface area contributed by atoms with Crippen molar-refractivity contribution in [2.24, 2.45) is 0 Å². The maximum absolute atomic E-state index is 12.3. The van der Waals surface area contributed by atoms with Crippen molar-refractivity contribution in [1.82, 2.24) is 0 Å². The lowest BCUT2D eigenvalue weighted by Crippen LogP contribution is -2.13. The fourth-order valence-corrected chi connectivity index (χ4v) is 3.79. The minimum Gasteiger partial charge on any atom is -0.280 e. The second-order valence-corrected chi connectivity index (χ2v) is 7.20. The molecule has 0 unspecified atom stereocenters. The van der Waals surface area contributed by atoms with E-state index in [1.54, 1.807) is 30.0 Å². The van der Waals surface area contributed by atoms with E-state index < -0.39 is 10.0 Å². The predicted octanol–water partition coefficient (Wildman–Crippen LogP) is 4.52. The third kappa shape index (κ3) is 3.41. The molecule has 3 nitrogen and oxygen atoms in total. The molecular weight excluding hydrogens is 337 g/mol. The van der Waals surface area contributed by atoms with E-state index in [9.17, 15) is 8.42 Å². The Morgan fingerprint density at radius 1 is 1.05 bits per heavy atom. The number of halogens is 2. The molecule has 0 fully saturated rings. The molecular formula is C13H11Cl2NO2S2. The van der Waals surface area contributed by atoms with E-state index in [0.29, 0.717) is 5.69 Å². The maximum atomic E-state index is 12.3. The smallest absolute Gasteiger partial charge is 0.263 e. The molecule has 0 aliphatic rings. The van der Waals surface area contributed by atoms with Crippen LogP contribution in [-0.2, 0) is 10.0 Å². The molecule has 2 aromatic rings. The second-order valence-electron chi connectivity index (χ2n) is 3.89. The Kier molecular flexibility index (Phi) is 4.86. The molecule has 0 heterocycles. The van der Waals surface area contributed by atoms with Gasteiger partial charge in [-0.2, -0.15) is 0 Å². The fraction of sp³-hybridized carbons (Fsp3) is 0.0769. The molecule has 1 N–H and O–H groups in total. The summed E-state index contributed by atoms with van der Waals surface area (Å²) in [7, 11) is -3.76. The van der Waals surface area contributed by atoms with Gasteiger partial charge in [-0.3, -0.25) is 4.72 Å². The molecule has 2 aromatic carbocycles. The van der Waals surface area contributed by atoms with Crippen LogP contribution in [0.2, 0.25) is 10.0 Å². The molecule has 2 rings (SSSR count). The number of anilines is 1. The standard InChI is InChI=1S/C13H11Cl2NO2S2/c1-19-10-7-5-9(6-8-10)16-20(17,18)12-4-2-3-11(14)13(12)15/h2-8,16H,1H3. The van der Waals surface area contributed by atoms with Crippen LogP contribution in [0.15, 0.2) is 52.3 Å². The number of hydrogen-bond acceptors (Lipinski definition) is 3. The molecule has 0 radical (unpaired) electrons. The van der Waals surface area contributed by atoms with Gasteiger partial charge in [0, 0.05) is 10.6 Å². The topological polar surface area (TPSA) is 46.2 Å². The summed E-state index contributed by atoms with van der Waals surface area (Å²) in [5.41, 5.74) is 0.471. The molecule has 0 aromatic heterocycles. The van der Waals surface area contributed by atoms with Gasteiger partial charge in [-0.1, -0.05) is 29.3 Å². The zero-order chi connectivity index (χ0) is 14.8. The summed E-state index contributed by atoms with van der Waals surface area (Å²) in [6.45, 7) is 0. The van der Waals surface area contributed by atoms with Crippen molar-refractivity contribution in [3.05, 3.63) is 52.5 Å². The van der Waals surface area contributed by atoms with E-state index in [-0.39, 0.29) is 14.9 Å². The van der Waals surface area contributed by atoms with Crippen molar-refractivity contribution in [3.63, 3.8) is 0 Å².